The highest BCUT2D eigenvalue weighted by molar-refractivity contribution is 6.26. The van der Waals surface area contributed by atoms with Crippen LogP contribution >= 0.6 is 0 Å². The number of carbonyl (C=O) groups excluding carboxylic acids is 5. The molecule has 0 bridgehead atoms. The molecule has 8 nitrogen and oxygen atoms in total. The van der Waals surface area contributed by atoms with Crippen LogP contribution in [0.25, 0.3) is 0 Å². The van der Waals surface area contributed by atoms with Crippen LogP contribution in [0.3, 0.4) is 0 Å². The summed E-state index contributed by atoms with van der Waals surface area (Å²) in [6.45, 7) is 1.29. The lowest BCUT2D eigenvalue weighted by atomic mass is 10.0. The lowest BCUT2D eigenvalue weighted by molar-refractivity contribution is -0.136. The van der Waals surface area contributed by atoms with Gasteiger partial charge in [0.15, 0.2) is 0 Å². The van der Waals surface area contributed by atoms with Gasteiger partial charge in [-0.2, -0.15) is 0 Å². The first-order valence-corrected chi connectivity index (χ1v) is 7.02. The fourth-order valence-electron chi connectivity index (χ4n) is 2.81. The number of benzene rings is 1. The van der Waals surface area contributed by atoms with E-state index in [1.54, 1.807) is 6.07 Å². The Kier molecular flexibility index (Phi) is 3.44. The number of hydrogen-bond acceptors (Lipinski definition) is 5. The van der Waals surface area contributed by atoms with Gasteiger partial charge in [0.2, 0.25) is 17.7 Å². The first-order valence-electron chi connectivity index (χ1n) is 7.02. The van der Waals surface area contributed by atoms with Crippen molar-refractivity contribution in [3.05, 3.63) is 29.3 Å². The number of anilines is 1. The van der Waals surface area contributed by atoms with E-state index in [0.717, 1.165) is 4.90 Å². The molecule has 2 heterocycles. The molecule has 5 amide bonds. The second-order valence-corrected chi connectivity index (χ2v) is 5.36. The Hall–Kier alpha value is -3.03. The number of amides is 5. The maximum absolute atomic E-state index is 12.6. The average molecular weight is 315 g/mol. The number of rotatable bonds is 2. The lowest BCUT2D eigenvalue weighted by Gasteiger charge is -2.27. The first kappa shape index (κ1) is 14.9. The van der Waals surface area contributed by atoms with Crippen molar-refractivity contribution >= 4 is 35.2 Å². The quantitative estimate of drug-likeness (QED) is 0.749. The van der Waals surface area contributed by atoms with Gasteiger partial charge >= 0.3 is 0 Å². The molecule has 0 saturated carbocycles. The molecular formula is C15H13N3O5. The van der Waals surface area contributed by atoms with Crippen LogP contribution in [0.1, 0.15) is 40.5 Å². The van der Waals surface area contributed by atoms with E-state index in [1.807, 2.05) is 0 Å². The monoisotopic (exact) mass is 315 g/mol. The summed E-state index contributed by atoms with van der Waals surface area (Å²) in [5.74, 6) is -2.73. The van der Waals surface area contributed by atoms with Crippen LogP contribution in [0.5, 0.6) is 0 Å². The summed E-state index contributed by atoms with van der Waals surface area (Å²) in [7, 11) is 0. The first-order chi connectivity index (χ1) is 10.9. The number of imide groups is 2. The fourth-order valence-corrected chi connectivity index (χ4v) is 2.81. The molecule has 0 aromatic heterocycles. The van der Waals surface area contributed by atoms with Crippen LogP contribution in [0.4, 0.5) is 5.69 Å². The van der Waals surface area contributed by atoms with E-state index in [-0.39, 0.29) is 35.6 Å². The third kappa shape index (κ3) is 2.37. The number of carbonyl (C=O) groups is 5. The zero-order valence-electron chi connectivity index (χ0n) is 12.2. The molecule has 3 rings (SSSR count). The fraction of sp³-hybridized carbons (Fsp3) is 0.267. The number of nitrogens with zero attached hydrogens (tertiary/aromatic N) is 1. The van der Waals surface area contributed by atoms with Gasteiger partial charge in [0.25, 0.3) is 11.8 Å². The highest BCUT2D eigenvalue weighted by atomic mass is 16.2. The summed E-state index contributed by atoms with van der Waals surface area (Å²) in [5.41, 5.74) is 0.423. The molecule has 1 aromatic rings. The minimum absolute atomic E-state index is 0.0579. The summed E-state index contributed by atoms with van der Waals surface area (Å²) in [6, 6.07) is 3.50. The molecule has 8 heteroatoms. The maximum Gasteiger partial charge on any atom is 0.264 e. The Morgan fingerprint density at radius 2 is 1.96 bits per heavy atom. The molecular weight excluding hydrogens is 302 g/mol. The van der Waals surface area contributed by atoms with Crippen LogP contribution in [-0.2, 0) is 14.4 Å². The van der Waals surface area contributed by atoms with Gasteiger partial charge in [0.05, 0.1) is 16.8 Å². The van der Waals surface area contributed by atoms with Gasteiger partial charge in [-0.3, -0.25) is 34.2 Å². The van der Waals surface area contributed by atoms with Gasteiger partial charge in [-0.25, -0.2) is 0 Å². The Labute approximate surface area is 130 Å². The summed E-state index contributed by atoms with van der Waals surface area (Å²) in [5, 5.41) is 4.63. The molecule has 0 spiro atoms. The van der Waals surface area contributed by atoms with Crippen molar-refractivity contribution in [1.29, 1.82) is 0 Å². The molecule has 118 valence electrons. The molecule has 1 atom stereocenters. The Morgan fingerprint density at radius 3 is 2.61 bits per heavy atom. The van der Waals surface area contributed by atoms with Crippen molar-refractivity contribution in [3.63, 3.8) is 0 Å². The molecule has 1 saturated heterocycles. The van der Waals surface area contributed by atoms with E-state index in [2.05, 4.69) is 10.6 Å². The van der Waals surface area contributed by atoms with Crippen LogP contribution in [0, 0.1) is 0 Å². The van der Waals surface area contributed by atoms with Crippen LogP contribution < -0.4 is 10.6 Å². The van der Waals surface area contributed by atoms with Gasteiger partial charge in [0, 0.05) is 13.3 Å². The summed E-state index contributed by atoms with van der Waals surface area (Å²) in [6.07, 6.45) is 0.147. The molecule has 1 fully saturated rings. The molecule has 1 unspecified atom stereocenters. The van der Waals surface area contributed by atoms with Crippen molar-refractivity contribution in [2.24, 2.45) is 0 Å². The minimum atomic E-state index is -1.02. The maximum atomic E-state index is 12.6. The second-order valence-electron chi connectivity index (χ2n) is 5.36. The van der Waals surface area contributed by atoms with Crippen molar-refractivity contribution in [2.75, 3.05) is 5.32 Å². The third-order valence-corrected chi connectivity index (χ3v) is 3.78. The zero-order valence-corrected chi connectivity index (χ0v) is 12.2. The molecule has 0 aliphatic carbocycles. The highest BCUT2D eigenvalue weighted by Gasteiger charge is 2.45. The molecule has 2 aliphatic rings. The minimum Gasteiger partial charge on any atom is -0.326 e. The largest absolute Gasteiger partial charge is 0.326 e. The molecule has 2 aliphatic heterocycles. The van der Waals surface area contributed by atoms with Gasteiger partial charge < -0.3 is 5.32 Å². The Morgan fingerprint density at radius 1 is 1.22 bits per heavy atom. The van der Waals surface area contributed by atoms with Gasteiger partial charge in [0.1, 0.15) is 6.04 Å². The SMILES string of the molecule is CC(=O)Nc1cccc2c1C(=O)N(C1CCC(=O)NC1=O)C2=O. The molecule has 1 aromatic carbocycles. The smallest absolute Gasteiger partial charge is 0.264 e. The summed E-state index contributed by atoms with van der Waals surface area (Å²) in [4.78, 5) is 60.4. The predicted octanol–water partition coefficient (Wildman–Crippen LogP) is 0.0462. The van der Waals surface area contributed by atoms with E-state index in [9.17, 15) is 24.0 Å². The van der Waals surface area contributed by atoms with Crippen molar-refractivity contribution < 1.29 is 24.0 Å². The van der Waals surface area contributed by atoms with Crippen molar-refractivity contribution in [2.45, 2.75) is 25.8 Å². The predicted molar refractivity (Wildman–Crippen MR) is 77.4 cm³/mol. The number of hydrogen-bond donors (Lipinski definition) is 2. The number of fused-ring (bicyclic) bond motifs is 1. The lowest BCUT2D eigenvalue weighted by Crippen LogP contribution is -2.54. The number of nitrogens with one attached hydrogen (secondary N) is 2. The zero-order chi connectivity index (χ0) is 16.7. The highest BCUT2D eigenvalue weighted by Crippen LogP contribution is 2.32. The molecule has 0 radical (unpaired) electrons. The van der Waals surface area contributed by atoms with E-state index < -0.39 is 29.7 Å². The Bertz CT molecular complexity index is 770. The summed E-state index contributed by atoms with van der Waals surface area (Å²) < 4.78 is 0. The van der Waals surface area contributed by atoms with Crippen LogP contribution in [0.15, 0.2) is 18.2 Å². The Balaban J connectivity index is 1.99. The van der Waals surface area contributed by atoms with E-state index in [0.29, 0.717) is 0 Å². The van der Waals surface area contributed by atoms with Gasteiger partial charge in [-0.1, -0.05) is 6.07 Å². The number of piperidine rings is 1. The molecule has 23 heavy (non-hydrogen) atoms. The summed E-state index contributed by atoms with van der Waals surface area (Å²) >= 11 is 0. The normalized spacial score (nSPS) is 20.4. The van der Waals surface area contributed by atoms with Gasteiger partial charge in [-0.05, 0) is 18.6 Å². The van der Waals surface area contributed by atoms with E-state index in [4.69, 9.17) is 0 Å². The third-order valence-electron chi connectivity index (χ3n) is 3.78. The van der Waals surface area contributed by atoms with Crippen molar-refractivity contribution in [1.82, 2.24) is 10.2 Å². The standard InChI is InChI=1S/C15H13N3O5/c1-7(19)16-9-4-2-3-8-12(9)15(23)18(14(8)22)10-5-6-11(20)17-13(10)21/h2-4,10H,5-6H2,1H3,(H,16,19)(H,17,20,21). The van der Waals surface area contributed by atoms with Crippen LogP contribution in [-0.4, -0.2) is 40.5 Å². The van der Waals surface area contributed by atoms with E-state index in [1.165, 1.54) is 19.1 Å². The van der Waals surface area contributed by atoms with Crippen molar-refractivity contribution in [3.8, 4) is 0 Å². The molecule has 2 N–H and O–H groups in total. The topological polar surface area (TPSA) is 113 Å². The van der Waals surface area contributed by atoms with E-state index >= 15 is 0 Å². The average Bonchev–Trinajstić information content (AvgIpc) is 2.72. The van der Waals surface area contributed by atoms with Crippen LogP contribution in [0.2, 0.25) is 0 Å². The van der Waals surface area contributed by atoms with Gasteiger partial charge in [-0.15, -0.1) is 0 Å². The second kappa shape index (κ2) is 5.31.